The summed E-state index contributed by atoms with van der Waals surface area (Å²) in [6, 6.07) is 23.9. The molecule has 6 nitrogen and oxygen atoms in total. The number of aryl methyl sites for hydroxylation is 4. The summed E-state index contributed by atoms with van der Waals surface area (Å²) < 4.78 is 0. The van der Waals surface area contributed by atoms with E-state index in [9.17, 15) is 10.2 Å². The summed E-state index contributed by atoms with van der Waals surface area (Å²) in [5.74, 6) is 0.334. The number of para-hydroxylation sites is 4. The van der Waals surface area contributed by atoms with Crippen molar-refractivity contribution in [1.29, 1.82) is 0 Å². The van der Waals surface area contributed by atoms with Crippen LogP contribution in [0.25, 0.3) is 43.6 Å². The predicted octanol–water partition coefficient (Wildman–Crippen LogP) is 10.9. The fourth-order valence-electron chi connectivity index (χ4n) is 6.22. The summed E-state index contributed by atoms with van der Waals surface area (Å²) in [4.78, 5) is 20.8. The van der Waals surface area contributed by atoms with E-state index in [4.69, 9.17) is 19.9 Å². The second-order valence-corrected chi connectivity index (χ2v) is 15.0. The van der Waals surface area contributed by atoms with Gasteiger partial charge in [-0.2, -0.15) is 0 Å². The fraction of sp³-hybridized carbons (Fsp3) is 0.364. The zero-order chi connectivity index (χ0) is 36.4. The van der Waals surface area contributed by atoms with Gasteiger partial charge in [-0.25, -0.2) is 0 Å². The van der Waals surface area contributed by atoms with E-state index in [1.54, 1.807) is 0 Å². The van der Waals surface area contributed by atoms with Crippen LogP contribution in [-0.4, -0.2) is 30.1 Å². The van der Waals surface area contributed by atoms with Crippen LogP contribution in [0.15, 0.2) is 72.8 Å². The molecule has 260 valence electrons. The van der Waals surface area contributed by atoms with Gasteiger partial charge in [0.2, 0.25) is 0 Å². The van der Waals surface area contributed by atoms with Crippen molar-refractivity contribution in [3.05, 3.63) is 107 Å². The molecule has 0 saturated carbocycles. The first-order valence-electron chi connectivity index (χ1n) is 17.9. The second-order valence-electron chi connectivity index (χ2n) is 15.0. The van der Waals surface area contributed by atoms with Gasteiger partial charge in [0.1, 0.15) is 11.5 Å². The van der Waals surface area contributed by atoms with Crippen LogP contribution in [0, 0.1) is 0 Å². The normalized spacial score (nSPS) is 11.9. The van der Waals surface area contributed by atoms with Crippen LogP contribution >= 0.6 is 0 Å². The van der Waals surface area contributed by atoms with Crippen molar-refractivity contribution in [1.82, 2.24) is 19.9 Å². The Morgan fingerprint density at radius 3 is 0.820 bits per heavy atom. The van der Waals surface area contributed by atoms with Gasteiger partial charge in [0.15, 0.2) is 0 Å². The summed E-state index contributed by atoms with van der Waals surface area (Å²) in [7, 11) is 0. The molecule has 5 rings (SSSR count). The highest BCUT2D eigenvalue weighted by molar-refractivity contribution is 5.88. The highest BCUT2D eigenvalue weighted by Crippen LogP contribution is 2.37. The molecule has 0 atom stereocenters. The zero-order valence-electron chi connectivity index (χ0n) is 31.4. The van der Waals surface area contributed by atoms with Gasteiger partial charge < -0.3 is 10.2 Å². The van der Waals surface area contributed by atoms with Crippen LogP contribution < -0.4 is 0 Å². The number of phenols is 2. The molecule has 1 aromatic heterocycles. The third-order valence-electron chi connectivity index (χ3n) is 9.32. The molecule has 4 bridgehead atoms. The maximum absolute atomic E-state index is 12.1. The Kier molecular flexibility index (Phi) is 10.6. The van der Waals surface area contributed by atoms with Gasteiger partial charge >= 0.3 is 0 Å². The van der Waals surface area contributed by atoms with Gasteiger partial charge in [-0.1, -0.05) is 93.5 Å². The molecule has 0 radical (unpaired) electrons. The molecular formula is C44H52N4O2. The Labute approximate surface area is 297 Å². The lowest BCUT2D eigenvalue weighted by Crippen LogP contribution is -2.11. The predicted molar refractivity (Wildman–Crippen MR) is 210 cm³/mol. The van der Waals surface area contributed by atoms with Gasteiger partial charge in [0, 0.05) is 21.5 Å². The van der Waals surface area contributed by atoms with Crippen molar-refractivity contribution in [2.24, 2.45) is 0 Å². The first-order chi connectivity index (χ1) is 23.7. The van der Waals surface area contributed by atoms with Gasteiger partial charge in [0.05, 0.1) is 44.8 Å². The Morgan fingerprint density at radius 1 is 0.420 bits per heavy atom. The van der Waals surface area contributed by atoms with E-state index in [-0.39, 0.29) is 22.3 Å². The quantitative estimate of drug-likeness (QED) is 0.198. The number of hydrogen-bond donors (Lipinski definition) is 2. The zero-order valence-corrected chi connectivity index (χ0v) is 31.4. The Balaban J connectivity index is 2.20. The standard InChI is InChI=1S/C44H52N4O2/c1-11-33-29-23-27(43(5,6)7)24-30(41(29)49)34(12-2)47-39-21-17-18-22-40(39)48-36(14-4)32-26-28(44(8,9)10)25-31(42(32)50)35(13-3)46-38-20-16-15-19-37(38)45-33/h15-26,49-50H,11-14H2,1-10H3. The minimum atomic E-state index is -0.191. The summed E-state index contributed by atoms with van der Waals surface area (Å²) in [6.07, 6.45) is 2.36. The van der Waals surface area contributed by atoms with Gasteiger partial charge in [-0.15, -0.1) is 0 Å². The average molecular weight is 669 g/mol. The van der Waals surface area contributed by atoms with E-state index in [1.165, 1.54) is 0 Å². The Morgan fingerprint density at radius 2 is 0.640 bits per heavy atom. The lowest BCUT2D eigenvalue weighted by molar-refractivity contribution is 0.484. The van der Waals surface area contributed by atoms with Crippen LogP contribution in [0.4, 0.5) is 0 Å². The molecule has 0 aliphatic heterocycles. The van der Waals surface area contributed by atoms with Crippen molar-refractivity contribution in [2.75, 3.05) is 0 Å². The van der Waals surface area contributed by atoms with E-state index < -0.39 is 0 Å². The van der Waals surface area contributed by atoms with Crippen LogP contribution in [0.1, 0.15) is 103 Å². The SMILES string of the molecule is CCc1nc2ccccc2nc(CC)c2cc(C(C)(C)C)cc(c(CC)nc3ccccc3nc(CC)c3cc(C(C)(C)C)cc1c3O)c2O. The topological polar surface area (TPSA) is 92.0 Å². The molecule has 0 aliphatic rings. The maximum atomic E-state index is 12.1. The molecule has 0 spiro atoms. The molecule has 0 saturated heterocycles. The maximum Gasteiger partial charge on any atom is 0.133 e. The number of hydrogen-bond acceptors (Lipinski definition) is 6. The van der Waals surface area contributed by atoms with E-state index in [0.29, 0.717) is 69.3 Å². The molecule has 6 heteroatoms. The minimum Gasteiger partial charge on any atom is -0.507 e. The lowest BCUT2D eigenvalue weighted by atomic mass is 9.85. The van der Waals surface area contributed by atoms with Crippen LogP contribution in [-0.2, 0) is 36.5 Å². The molecule has 2 N–H and O–H groups in total. The number of phenolic OH excluding ortho intramolecular Hbond substituents is 2. The first kappa shape index (κ1) is 36.4. The summed E-state index contributed by atoms with van der Waals surface area (Å²) >= 11 is 0. The third kappa shape index (κ3) is 7.50. The van der Waals surface area contributed by atoms with Crippen molar-refractivity contribution in [3.63, 3.8) is 0 Å². The van der Waals surface area contributed by atoms with Gasteiger partial charge in [-0.05, 0) is 96.2 Å². The van der Waals surface area contributed by atoms with Crippen molar-refractivity contribution >= 4 is 43.6 Å². The number of fused-ring (bicyclic) bond motifs is 6. The lowest BCUT2D eigenvalue weighted by Gasteiger charge is -2.21. The number of aromatic nitrogens is 4. The molecule has 0 aliphatic carbocycles. The number of benzene rings is 4. The minimum absolute atomic E-state index is 0.167. The van der Waals surface area contributed by atoms with E-state index in [1.807, 2.05) is 48.5 Å². The van der Waals surface area contributed by atoms with Crippen LogP contribution in [0.3, 0.4) is 0 Å². The van der Waals surface area contributed by atoms with E-state index >= 15 is 0 Å². The Hall–Kier alpha value is -4.84. The van der Waals surface area contributed by atoms with E-state index in [0.717, 1.165) is 33.9 Å². The molecule has 1 heterocycles. The Bertz CT molecular complexity index is 1960. The van der Waals surface area contributed by atoms with Crippen LogP contribution in [0.2, 0.25) is 0 Å². The number of rotatable bonds is 4. The molecule has 0 amide bonds. The highest BCUT2D eigenvalue weighted by atomic mass is 16.3. The molecule has 50 heavy (non-hydrogen) atoms. The molecule has 5 aromatic rings. The van der Waals surface area contributed by atoms with Crippen molar-refractivity contribution in [2.45, 2.75) is 106 Å². The van der Waals surface area contributed by atoms with Crippen molar-refractivity contribution < 1.29 is 10.2 Å². The molecule has 0 fully saturated rings. The van der Waals surface area contributed by atoms with Gasteiger partial charge in [-0.3, -0.25) is 19.9 Å². The number of aromatic hydroxyl groups is 2. The average Bonchev–Trinajstić information content (AvgIpc) is 3.08. The van der Waals surface area contributed by atoms with Gasteiger partial charge in [0.25, 0.3) is 0 Å². The summed E-state index contributed by atoms with van der Waals surface area (Å²) in [6.45, 7) is 21.3. The molecule has 0 unspecified atom stereocenters. The smallest absolute Gasteiger partial charge is 0.133 e. The van der Waals surface area contributed by atoms with Crippen LogP contribution in [0.5, 0.6) is 11.5 Å². The van der Waals surface area contributed by atoms with Crippen molar-refractivity contribution in [3.8, 4) is 11.5 Å². The highest BCUT2D eigenvalue weighted by Gasteiger charge is 2.20. The van der Waals surface area contributed by atoms with E-state index in [2.05, 4.69) is 93.5 Å². The summed E-state index contributed by atoms with van der Waals surface area (Å²) in [5, 5.41) is 26.9. The first-order valence-corrected chi connectivity index (χ1v) is 17.9. The third-order valence-corrected chi connectivity index (χ3v) is 9.32. The monoisotopic (exact) mass is 668 g/mol. The largest absolute Gasteiger partial charge is 0.507 e. The number of nitrogens with zero attached hydrogens (tertiary/aromatic N) is 4. The second kappa shape index (κ2) is 14.6. The summed E-state index contributed by atoms with van der Waals surface area (Å²) in [5.41, 5.74) is 7.58. The fourth-order valence-corrected chi connectivity index (χ4v) is 6.22. The molecular weight excluding hydrogens is 617 g/mol. The molecule has 4 aromatic carbocycles.